The van der Waals surface area contributed by atoms with E-state index in [9.17, 15) is 81.8 Å². The Morgan fingerprint density at radius 2 is 0.459 bits per heavy atom. The number of aliphatic carboxylic acids is 1. The summed E-state index contributed by atoms with van der Waals surface area (Å²) in [6, 6.07) is -9.28. The summed E-state index contributed by atoms with van der Waals surface area (Å²) in [7, 11) is 0. The zero-order valence-corrected chi connectivity index (χ0v) is 55.7. The van der Waals surface area contributed by atoms with Gasteiger partial charge in [-0.1, -0.05) is 0 Å². The Morgan fingerprint density at radius 3 is 0.684 bits per heavy atom. The second-order valence-corrected chi connectivity index (χ2v) is 27.8. The van der Waals surface area contributed by atoms with Crippen LogP contribution in [0, 0.1) is 0 Å². The molecule has 0 saturated carbocycles. The molecular weight excluding hydrogens is 1280 g/mol. The molecule has 33 nitrogen and oxygen atoms in total. The number of nitrogens with zero attached hydrogens (tertiary/aromatic N) is 10. The van der Waals surface area contributed by atoms with Gasteiger partial charge in [0.25, 0.3) is 0 Å². The number of carboxylic acid groups (broad SMARTS) is 1. The summed E-state index contributed by atoms with van der Waals surface area (Å²) >= 11 is 0. The lowest BCUT2D eigenvalue weighted by Gasteiger charge is -2.32. The second-order valence-electron chi connectivity index (χ2n) is 27.8. The fourth-order valence-electron chi connectivity index (χ4n) is 16.9. The van der Waals surface area contributed by atoms with E-state index in [0.717, 1.165) is 13.0 Å². The maximum Gasteiger partial charge on any atom is 0.326 e. The van der Waals surface area contributed by atoms with Gasteiger partial charge < -0.3 is 86.0 Å². The third-order valence-corrected chi connectivity index (χ3v) is 21.9. The van der Waals surface area contributed by atoms with Crippen LogP contribution in [0.4, 0.5) is 0 Å². The molecule has 0 aliphatic carbocycles. The standard InChI is InChI=1S/C65H94N16O17/c82-50(34-67-55(87)40-13-2-29-77(40)60(92)39-12-1-23-66-39)72-24-7-18-45(72)61(93)78-30-3-14-41(78)56(88)68-35-51(83)73-25-8-19-46(73)62(94)79-31-4-15-42(79)57(89)69-36-52(84)74-26-9-20-47(74)63(95)80-32-5-16-43(80)58(90)70-37-53(85)75-27-10-21-48(75)64(96)81-33-6-17-44(81)59(91)71-38-54(86)76-28-11-22-49(76)65(97)98/h39-49,66H,1-38H2,(H,67,87)(H,68,88)(H,69,89)(H,70,90)(H,71,91)(H,97,98)/t39-,40-,41-,42-,43-,44-,45-,46-,47-,48-,49-/m0/s1. The van der Waals surface area contributed by atoms with Crippen LogP contribution in [0.3, 0.4) is 0 Å². The monoisotopic (exact) mass is 1370 g/mol. The summed E-state index contributed by atoms with van der Waals surface area (Å²) in [5.41, 5.74) is 0. The van der Waals surface area contributed by atoms with E-state index in [0.29, 0.717) is 141 Å². The number of likely N-dealkylation sites (tertiary alicyclic amines) is 10. The minimum Gasteiger partial charge on any atom is -0.480 e. The van der Waals surface area contributed by atoms with E-state index < -0.39 is 175 Å². The number of amides is 15. The van der Waals surface area contributed by atoms with Crippen molar-refractivity contribution in [2.75, 3.05) is 105 Å². The molecule has 11 rings (SSSR count). The molecule has 0 aromatic heterocycles. The molecule has 0 spiro atoms. The number of carboxylic acids is 1. The summed E-state index contributed by atoms with van der Waals surface area (Å²) in [5.74, 6) is -8.24. The first-order chi connectivity index (χ1) is 47.2. The third-order valence-electron chi connectivity index (χ3n) is 21.9. The van der Waals surface area contributed by atoms with E-state index in [1.54, 1.807) is 4.90 Å². The highest BCUT2D eigenvalue weighted by atomic mass is 16.4. The van der Waals surface area contributed by atoms with Crippen LogP contribution in [0.15, 0.2) is 0 Å². The van der Waals surface area contributed by atoms with Gasteiger partial charge in [-0.15, -0.1) is 0 Å². The molecule has 0 radical (unpaired) electrons. The van der Waals surface area contributed by atoms with Crippen molar-refractivity contribution in [1.29, 1.82) is 0 Å². The van der Waals surface area contributed by atoms with Gasteiger partial charge in [-0.05, 0) is 148 Å². The minimum atomic E-state index is -1.12. The maximum absolute atomic E-state index is 14.3. The first-order valence-electron chi connectivity index (χ1n) is 35.6. The highest BCUT2D eigenvalue weighted by Gasteiger charge is 2.49. The van der Waals surface area contributed by atoms with Crippen molar-refractivity contribution >= 4 is 94.6 Å². The smallest absolute Gasteiger partial charge is 0.326 e. The van der Waals surface area contributed by atoms with Crippen molar-refractivity contribution in [3.8, 4) is 0 Å². The fourth-order valence-corrected chi connectivity index (χ4v) is 16.9. The van der Waals surface area contributed by atoms with Crippen LogP contribution in [0.25, 0.3) is 0 Å². The molecule has 98 heavy (non-hydrogen) atoms. The van der Waals surface area contributed by atoms with E-state index in [1.807, 2.05) is 0 Å². The molecule has 11 atom stereocenters. The Balaban J connectivity index is 0.604. The number of carbonyl (C=O) groups excluding carboxylic acids is 15. The Kier molecular flexibility index (Phi) is 22.8. The predicted molar refractivity (Wildman–Crippen MR) is 341 cm³/mol. The Labute approximate surface area is 567 Å². The zero-order valence-electron chi connectivity index (χ0n) is 55.7. The van der Waals surface area contributed by atoms with Crippen LogP contribution < -0.4 is 31.9 Å². The summed E-state index contributed by atoms with van der Waals surface area (Å²) in [6.45, 7) is 1.19. The minimum absolute atomic E-state index is 0.114. The van der Waals surface area contributed by atoms with Crippen molar-refractivity contribution in [3.05, 3.63) is 0 Å². The Hall–Kier alpha value is -8.52. The largest absolute Gasteiger partial charge is 0.480 e. The van der Waals surface area contributed by atoms with Crippen molar-refractivity contribution in [3.63, 3.8) is 0 Å². The molecule has 0 aromatic carbocycles. The quantitative estimate of drug-likeness (QED) is 0.0568. The molecule has 536 valence electrons. The lowest BCUT2D eigenvalue weighted by atomic mass is 10.1. The van der Waals surface area contributed by atoms with E-state index in [-0.39, 0.29) is 77.4 Å². The van der Waals surface area contributed by atoms with Gasteiger partial charge in [0.15, 0.2) is 0 Å². The van der Waals surface area contributed by atoms with Gasteiger partial charge in [-0.25, -0.2) is 4.79 Å². The van der Waals surface area contributed by atoms with Gasteiger partial charge in [0.05, 0.1) is 38.8 Å². The van der Waals surface area contributed by atoms with Gasteiger partial charge >= 0.3 is 5.97 Å². The van der Waals surface area contributed by atoms with E-state index in [1.165, 1.54) is 44.1 Å². The average Bonchev–Trinajstić information content (AvgIpc) is 1.66. The molecule has 11 aliphatic heterocycles. The Morgan fingerprint density at radius 1 is 0.255 bits per heavy atom. The second kappa shape index (κ2) is 31.6. The van der Waals surface area contributed by atoms with Crippen LogP contribution in [0.2, 0.25) is 0 Å². The molecule has 0 aromatic rings. The van der Waals surface area contributed by atoms with Gasteiger partial charge in [0.1, 0.15) is 60.4 Å². The molecule has 11 saturated heterocycles. The van der Waals surface area contributed by atoms with Gasteiger partial charge in [0.2, 0.25) is 88.6 Å². The zero-order chi connectivity index (χ0) is 69.5. The predicted octanol–water partition coefficient (Wildman–Crippen LogP) is -4.69. The number of nitrogens with one attached hydrogen (secondary N) is 6. The van der Waals surface area contributed by atoms with Gasteiger partial charge in [0, 0.05) is 65.4 Å². The lowest BCUT2D eigenvalue weighted by Crippen LogP contribution is -2.57. The first kappa shape index (κ1) is 70.8. The van der Waals surface area contributed by atoms with Crippen LogP contribution in [0.1, 0.15) is 141 Å². The van der Waals surface area contributed by atoms with Crippen molar-refractivity contribution in [2.24, 2.45) is 0 Å². The van der Waals surface area contributed by atoms with Crippen molar-refractivity contribution < 1.29 is 81.8 Å². The number of carbonyl (C=O) groups is 16. The van der Waals surface area contributed by atoms with Gasteiger partial charge in [-0.3, -0.25) is 71.9 Å². The molecule has 11 aliphatic rings. The van der Waals surface area contributed by atoms with E-state index >= 15 is 0 Å². The number of hydrogen-bond acceptors (Lipinski definition) is 17. The van der Waals surface area contributed by atoms with Crippen LogP contribution >= 0.6 is 0 Å². The molecular formula is C65H94N16O17. The van der Waals surface area contributed by atoms with Crippen LogP contribution in [0.5, 0.6) is 0 Å². The molecule has 0 bridgehead atoms. The lowest BCUT2D eigenvalue weighted by molar-refractivity contribution is -0.149. The fraction of sp³-hybridized carbons (Fsp3) is 0.754. The molecule has 11 fully saturated rings. The number of rotatable bonds is 21. The summed E-state index contributed by atoms with van der Waals surface area (Å²) in [5, 5.41) is 26.0. The van der Waals surface area contributed by atoms with Crippen molar-refractivity contribution in [1.82, 2.24) is 80.9 Å². The molecule has 33 heteroatoms. The summed E-state index contributed by atoms with van der Waals surface area (Å²) in [6.07, 6.45) is 10.1. The molecule has 0 unspecified atom stereocenters. The Bertz CT molecular complexity index is 3170. The highest BCUT2D eigenvalue weighted by Crippen LogP contribution is 2.31. The van der Waals surface area contributed by atoms with Crippen LogP contribution in [-0.4, -0.2) is 320 Å². The molecule has 11 heterocycles. The van der Waals surface area contributed by atoms with E-state index in [2.05, 4.69) is 31.9 Å². The number of hydrogen-bond donors (Lipinski definition) is 7. The normalized spacial score (nSPS) is 28.4. The third kappa shape index (κ3) is 15.2. The van der Waals surface area contributed by atoms with Gasteiger partial charge in [-0.2, -0.15) is 0 Å². The molecule has 7 N–H and O–H groups in total. The SMILES string of the molecule is O=C(O)[C@@H]1CCCN1C(=O)CNC(=O)[C@@H]1CCCN1C(=O)[C@@H]1CCCN1C(=O)CNC(=O)[C@@H]1CCCN1C(=O)[C@@H]1CCCN1C(=O)CNC(=O)[C@@H]1CCCN1C(=O)[C@@H]1CCCN1C(=O)CNC(=O)[C@@H]1CCCN1C(=O)[C@@H]1CCCN1C(=O)CNC(=O)[C@@H]1CCCN1C(=O)[C@@H]1CCCN1. The summed E-state index contributed by atoms with van der Waals surface area (Å²) < 4.78 is 0. The van der Waals surface area contributed by atoms with E-state index in [4.69, 9.17) is 0 Å². The van der Waals surface area contributed by atoms with Crippen molar-refractivity contribution in [2.45, 2.75) is 208 Å². The molecule has 15 amide bonds. The topological polar surface area (TPSA) is 398 Å². The first-order valence-corrected chi connectivity index (χ1v) is 35.6. The maximum atomic E-state index is 14.3. The summed E-state index contributed by atoms with van der Waals surface area (Å²) in [4.78, 5) is 232. The van der Waals surface area contributed by atoms with Crippen LogP contribution in [-0.2, 0) is 76.7 Å². The average molecular weight is 1370 g/mol. The highest BCUT2D eigenvalue weighted by molar-refractivity contribution is 6.00.